The number of anilines is 2. The molecule has 1 aliphatic rings. The Morgan fingerprint density at radius 3 is 2.55 bits per heavy atom. The van der Waals surface area contributed by atoms with Crippen LogP contribution in [0.15, 0.2) is 53.7 Å². The molecule has 9 nitrogen and oxygen atoms in total. The van der Waals surface area contributed by atoms with E-state index in [1.807, 2.05) is 30.3 Å². The second-order valence-corrected chi connectivity index (χ2v) is 12.6. The molecule has 2 aromatic heterocycles. The molecule has 13 heteroatoms. The first kappa shape index (κ1) is 30.1. The molecule has 42 heavy (non-hydrogen) atoms. The minimum absolute atomic E-state index is 0.0152. The van der Waals surface area contributed by atoms with E-state index < -0.39 is 0 Å². The van der Waals surface area contributed by atoms with Gasteiger partial charge in [-0.3, -0.25) is 14.4 Å². The molecule has 0 atom stereocenters. The number of aryl methyl sites for hydroxylation is 1. The molecule has 0 unspecified atom stereocenters. The van der Waals surface area contributed by atoms with Crippen molar-refractivity contribution < 1.29 is 14.4 Å². The summed E-state index contributed by atoms with van der Waals surface area (Å²) in [7, 11) is 1.74. The fraction of sp³-hybridized carbons (Fsp3) is 0.276. The molecule has 5 rings (SSSR count). The highest BCUT2D eigenvalue weighted by Crippen LogP contribution is 2.38. The van der Waals surface area contributed by atoms with Crippen LogP contribution in [0.2, 0.25) is 10.0 Å². The van der Waals surface area contributed by atoms with Gasteiger partial charge in [-0.15, -0.1) is 21.5 Å². The minimum Gasteiger partial charge on any atom is -0.348 e. The highest BCUT2D eigenvalue weighted by atomic mass is 35.5. The molecule has 2 heterocycles. The van der Waals surface area contributed by atoms with Crippen molar-refractivity contribution >= 4 is 74.7 Å². The predicted molar refractivity (Wildman–Crippen MR) is 168 cm³/mol. The number of amides is 3. The number of hydrogen-bond donors (Lipinski definition) is 3. The molecule has 0 aliphatic heterocycles. The highest BCUT2D eigenvalue weighted by Gasteiger charge is 2.26. The molecule has 2 aromatic carbocycles. The van der Waals surface area contributed by atoms with Crippen LogP contribution in [0.5, 0.6) is 0 Å². The Morgan fingerprint density at radius 1 is 0.976 bits per heavy atom. The molecular weight excluding hydrogens is 615 g/mol. The lowest BCUT2D eigenvalue weighted by molar-refractivity contribution is -0.116. The lowest BCUT2D eigenvalue weighted by Crippen LogP contribution is -2.25. The third kappa shape index (κ3) is 7.33. The summed E-state index contributed by atoms with van der Waals surface area (Å²) in [6.45, 7) is 0.410. The van der Waals surface area contributed by atoms with E-state index in [4.69, 9.17) is 23.2 Å². The fourth-order valence-electron chi connectivity index (χ4n) is 4.60. The number of rotatable bonds is 10. The summed E-state index contributed by atoms with van der Waals surface area (Å²) in [4.78, 5) is 40.0. The maximum Gasteiger partial charge on any atom is 0.254 e. The average molecular weight is 644 g/mol. The zero-order valence-electron chi connectivity index (χ0n) is 22.7. The van der Waals surface area contributed by atoms with Crippen LogP contribution in [-0.2, 0) is 42.4 Å². The number of carbonyl (C=O) groups excluding carboxylic acids is 3. The van der Waals surface area contributed by atoms with E-state index in [-0.39, 0.29) is 29.9 Å². The largest absolute Gasteiger partial charge is 0.348 e. The van der Waals surface area contributed by atoms with Crippen LogP contribution in [-0.4, -0.2) is 38.2 Å². The van der Waals surface area contributed by atoms with Crippen LogP contribution in [0.3, 0.4) is 0 Å². The molecule has 3 amide bonds. The molecular formula is C29H28Cl2N6O3S2. The topological polar surface area (TPSA) is 118 Å². The molecule has 4 aromatic rings. The van der Waals surface area contributed by atoms with Crippen molar-refractivity contribution in [3.05, 3.63) is 86.0 Å². The van der Waals surface area contributed by atoms with Gasteiger partial charge < -0.3 is 20.5 Å². The Kier molecular flexibility index (Phi) is 9.84. The first-order valence-electron chi connectivity index (χ1n) is 13.3. The van der Waals surface area contributed by atoms with Gasteiger partial charge in [-0.25, -0.2) is 0 Å². The third-order valence-corrected chi connectivity index (χ3v) is 9.69. The van der Waals surface area contributed by atoms with Crippen LogP contribution in [0, 0.1) is 0 Å². The summed E-state index contributed by atoms with van der Waals surface area (Å²) in [6.07, 6.45) is 3.81. The van der Waals surface area contributed by atoms with Gasteiger partial charge in [0.25, 0.3) is 5.91 Å². The third-order valence-electron chi connectivity index (χ3n) is 6.73. The Bertz CT molecular complexity index is 1620. The summed E-state index contributed by atoms with van der Waals surface area (Å²) in [6, 6.07) is 14.6. The van der Waals surface area contributed by atoms with Gasteiger partial charge in [-0.05, 0) is 55.0 Å². The van der Waals surface area contributed by atoms with Gasteiger partial charge >= 0.3 is 0 Å². The Morgan fingerprint density at radius 2 is 1.76 bits per heavy atom. The number of aromatic nitrogens is 3. The number of thioether (sulfide) groups is 1. The second-order valence-electron chi connectivity index (χ2n) is 9.73. The highest BCUT2D eigenvalue weighted by molar-refractivity contribution is 7.99. The minimum atomic E-state index is -0.294. The zero-order valence-corrected chi connectivity index (χ0v) is 25.9. The number of hydrogen-bond acceptors (Lipinski definition) is 7. The summed E-state index contributed by atoms with van der Waals surface area (Å²) in [5.74, 6) is -0.220. The van der Waals surface area contributed by atoms with Gasteiger partial charge in [0.1, 0.15) is 10.8 Å². The maximum absolute atomic E-state index is 13.3. The molecule has 0 saturated heterocycles. The zero-order chi connectivity index (χ0) is 29.6. The van der Waals surface area contributed by atoms with E-state index in [0.717, 1.165) is 41.7 Å². The quantitative estimate of drug-likeness (QED) is 0.185. The monoisotopic (exact) mass is 642 g/mol. The van der Waals surface area contributed by atoms with E-state index in [9.17, 15) is 14.4 Å². The molecule has 0 bridgehead atoms. The van der Waals surface area contributed by atoms with Crippen LogP contribution in [0.1, 0.15) is 45.0 Å². The molecule has 1 aliphatic carbocycles. The Hall–Kier alpha value is -3.38. The number of nitrogens with one attached hydrogen (secondary N) is 3. The first-order valence-corrected chi connectivity index (χ1v) is 15.9. The molecule has 218 valence electrons. The summed E-state index contributed by atoms with van der Waals surface area (Å²) in [5.41, 5.74) is 3.13. The Balaban J connectivity index is 1.19. The lowest BCUT2D eigenvalue weighted by atomic mass is 9.95. The van der Waals surface area contributed by atoms with Gasteiger partial charge in [-0.1, -0.05) is 65.3 Å². The van der Waals surface area contributed by atoms with Crippen LogP contribution in [0.4, 0.5) is 10.7 Å². The number of benzene rings is 2. The van der Waals surface area contributed by atoms with Crippen molar-refractivity contribution in [1.29, 1.82) is 0 Å². The predicted octanol–water partition coefficient (Wildman–Crippen LogP) is 5.90. The summed E-state index contributed by atoms with van der Waals surface area (Å²) >= 11 is 14.6. The van der Waals surface area contributed by atoms with Crippen LogP contribution >= 0.6 is 46.3 Å². The Labute approximate surface area is 261 Å². The molecule has 0 saturated carbocycles. The number of carbonyl (C=O) groups is 3. The summed E-state index contributed by atoms with van der Waals surface area (Å²) < 4.78 is 1.68. The number of thiophene rings is 1. The molecule has 0 fully saturated rings. The van der Waals surface area contributed by atoms with Crippen molar-refractivity contribution in [3.8, 4) is 0 Å². The van der Waals surface area contributed by atoms with Gasteiger partial charge in [0.2, 0.25) is 11.8 Å². The van der Waals surface area contributed by atoms with Crippen molar-refractivity contribution in [2.24, 2.45) is 7.05 Å². The number of halogens is 2. The van der Waals surface area contributed by atoms with E-state index in [0.29, 0.717) is 43.8 Å². The standard InChI is InChI=1S/C29H28Cl2N6O3S2/c1-37-23(14-24(38)33-18-11-12-20(30)21(31)13-18)35-36-29(37)41-16-25(39)34-28-26(19-9-5-6-10-22(19)42-28)27(40)32-15-17-7-3-2-4-8-17/h2-4,7-8,11-13H,5-6,9-10,14-16H2,1H3,(H,32,40)(H,33,38)(H,34,39). The van der Waals surface area contributed by atoms with E-state index in [1.165, 1.54) is 23.1 Å². The average Bonchev–Trinajstić information content (AvgIpc) is 3.52. The SMILES string of the molecule is Cn1c(CC(=O)Nc2ccc(Cl)c(Cl)c2)nnc1SCC(=O)Nc1sc2c(c1C(=O)NCc1ccccc1)CCCC2. The van der Waals surface area contributed by atoms with Crippen molar-refractivity contribution in [3.63, 3.8) is 0 Å². The molecule has 0 radical (unpaired) electrons. The van der Waals surface area contributed by atoms with Crippen LogP contribution in [0.25, 0.3) is 0 Å². The van der Waals surface area contributed by atoms with Crippen molar-refractivity contribution in [2.45, 2.75) is 43.8 Å². The van der Waals surface area contributed by atoms with Gasteiger partial charge in [-0.2, -0.15) is 0 Å². The normalized spacial score (nSPS) is 12.5. The maximum atomic E-state index is 13.3. The fourth-order valence-corrected chi connectivity index (χ4v) is 6.93. The number of fused-ring (bicyclic) bond motifs is 1. The lowest BCUT2D eigenvalue weighted by Gasteiger charge is -2.13. The van der Waals surface area contributed by atoms with Crippen molar-refractivity contribution in [2.75, 3.05) is 16.4 Å². The molecule has 0 spiro atoms. The second kappa shape index (κ2) is 13.7. The summed E-state index contributed by atoms with van der Waals surface area (Å²) in [5, 5.41) is 18.8. The van der Waals surface area contributed by atoms with E-state index in [1.54, 1.807) is 29.8 Å². The van der Waals surface area contributed by atoms with Crippen molar-refractivity contribution in [1.82, 2.24) is 20.1 Å². The van der Waals surface area contributed by atoms with Crippen LogP contribution < -0.4 is 16.0 Å². The van der Waals surface area contributed by atoms with Gasteiger partial charge in [0, 0.05) is 24.2 Å². The smallest absolute Gasteiger partial charge is 0.254 e. The number of nitrogens with zero attached hydrogens (tertiary/aromatic N) is 3. The van der Waals surface area contributed by atoms with E-state index in [2.05, 4.69) is 26.1 Å². The van der Waals surface area contributed by atoms with Gasteiger partial charge in [0.15, 0.2) is 5.16 Å². The molecule has 3 N–H and O–H groups in total. The van der Waals surface area contributed by atoms with Gasteiger partial charge in [0.05, 0.1) is 27.8 Å². The first-order chi connectivity index (χ1) is 20.3. The van der Waals surface area contributed by atoms with E-state index >= 15 is 0 Å².